The van der Waals surface area contributed by atoms with Crippen molar-refractivity contribution >= 4 is 38.9 Å². The van der Waals surface area contributed by atoms with Crippen molar-refractivity contribution < 1.29 is 32.3 Å². The third-order valence-electron chi connectivity index (χ3n) is 6.32. The molecule has 1 aromatic carbocycles. The molecule has 1 aliphatic carbocycles. The molecular formula is C21H25N3O7S. The normalized spacial score (nSPS) is 19.5. The van der Waals surface area contributed by atoms with Gasteiger partial charge in [0.05, 0.1) is 11.4 Å². The third-order valence-corrected chi connectivity index (χ3v) is 7.79. The number of carboxylic acids is 1. The molecule has 0 radical (unpaired) electrons. The van der Waals surface area contributed by atoms with Crippen LogP contribution in [0.4, 0.5) is 4.79 Å². The molecule has 2 aromatic rings. The van der Waals surface area contributed by atoms with Gasteiger partial charge in [0.15, 0.2) is 0 Å². The molecule has 2 heterocycles. The van der Waals surface area contributed by atoms with Crippen LogP contribution in [-0.4, -0.2) is 66.4 Å². The number of nitrogens with one attached hydrogen (secondary N) is 1. The maximum absolute atomic E-state index is 12.9. The van der Waals surface area contributed by atoms with Crippen LogP contribution in [0.25, 0.3) is 11.0 Å². The van der Waals surface area contributed by atoms with E-state index in [4.69, 9.17) is 4.42 Å². The summed E-state index contributed by atoms with van der Waals surface area (Å²) in [4.78, 5) is 38.6. The number of hydrogen-bond donors (Lipinski definition) is 2. The maximum Gasteiger partial charge on any atom is 0.327 e. The van der Waals surface area contributed by atoms with E-state index in [2.05, 4.69) is 4.72 Å². The molecule has 2 N–H and O–H groups in total. The van der Waals surface area contributed by atoms with E-state index in [1.807, 2.05) is 0 Å². The Balaban J connectivity index is 1.60. The number of likely N-dealkylation sites (N-methyl/N-ethyl adjacent to an activating group) is 1. The largest absolute Gasteiger partial charge is 0.480 e. The summed E-state index contributed by atoms with van der Waals surface area (Å²) in [6.07, 6.45) is 3.73. The van der Waals surface area contributed by atoms with Crippen LogP contribution in [-0.2, 0) is 32.5 Å². The highest BCUT2D eigenvalue weighted by Crippen LogP contribution is 2.33. The van der Waals surface area contributed by atoms with Gasteiger partial charge in [-0.2, -0.15) is 4.72 Å². The number of sulfonamides is 1. The van der Waals surface area contributed by atoms with Gasteiger partial charge in [0, 0.05) is 30.5 Å². The third kappa shape index (κ3) is 3.55. The zero-order valence-electron chi connectivity index (χ0n) is 18.0. The highest BCUT2D eigenvalue weighted by Gasteiger charge is 2.50. The van der Waals surface area contributed by atoms with E-state index in [9.17, 15) is 27.9 Å². The van der Waals surface area contributed by atoms with Crippen molar-refractivity contribution in [3.63, 3.8) is 0 Å². The van der Waals surface area contributed by atoms with Crippen LogP contribution in [0, 0.1) is 0 Å². The first-order chi connectivity index (χ1) is 14.9. The number of aliphatic carboxylic acids is 1. The Kier molecular flexibility index (Phi) is 5.29. The van der Waals surface area contributed by atoms with Gasteiger partial charge in [0.2, 0.25) is 10.0 Å². The van der Waals surface area contributed by atoms with Crippen molar-refractivity contribution in [2.24, 2.45) is 0 Å². The summed E-state index contributed by atoms with van der Waals surface area (Å²) >= 11 is 0. The summed E-state index contributed by atoms with van der Waals surface area (Å²) in [5.74, 6) is -1.25. The van der Waals surface area contributed by atoms with Gasteiger partial charge >= 0.3 is 12.0 Å². The molecule has 1 atom stereocenters. The topological polar surface area (TPSA) is 137 Å². The Morgan fingerprint density at radius 3 is 2.56 bits per heavy atom. The van der Waals surface area contributed by atoms with Crippen LogP contribution >= 0.6 is 0 Å². The number of nitrogens with zero attached hydrogens (tertiary/aromatic N) is 2. The lowest BCUT2D eigenvalue weighted by Gasteiger charge is -2.22. The van der Waals surface area contributed by atoms with Crippen LogP contribution in [0.2, 0.25) is 0 Å². The molecule has 4 rings (SSSR count). The van der Waals surface area contributed by atoms with Crippen molar-refractivity contribution in [3.05, 3.63) is 29.5 Å². The Hall–Kier alpha value is -2.92. The highest BCUT2D eigenvalue weighted by molar-refractivity contribution is 7.89. The van der Waals surface area contributed by atoms with Crippen molar-refractivity contribution in [1.82, 2.24) is 14.5 Å². The number of fused-ring (bicyclic) bond motifs is 3. The van der Waals surface area contributed by atoms with Gasteiger partial charge < -0.3 is 14.4 Å². The number of aryl methyl sites for hydroxylation is 2. The minimum Gasteiger partial charge on any atom is -0.480 e. The van der Waals surface area contributed by atoms with E-state index >= 15 is 0 Å². The van der Waals surface area contributed by atoms with Crippen LogP contribution in [0.1, 0.15) is 38.0 Å². The van der Waals surface area contributed by atoms with E-state index in [-0.39, 0.29) is 4.90 Å². The Labute approximate surface area is 185 Å². The van der Waals surface area contributed by atoms with Crippen LogP contribution in [0.15, 0.2) is 27.5 Å². The van der Waals surface area contributed by atoms with Gasteiger partial charge in [0.1, 0.15) is 22.9 Å². The lowest BCUT2D eigenvalue weighted by atomic mass is 9.96. The quantitative estimate of drug-likeness (QED) is 0.622. The number of rotatable bonds is 6. The number of benzene rings is 1. The fourth-order valence-electron chi connectivity index (χ4n) is 4.16. The summed E-state index contributed by atoms with van der Waals surface area (Å²) in [6, 6.07) is 2.04. The summed E-state index contributed by atoms with van der Waals surface area (Å²) in [6.45, 7) is 2.44. The number of carbonyl (C=O) groups is 3. The molecule has 1 fully saturated rings. The second kappa shape index (κ2) is 7.59. The average molecular weight is 464 g/mol. The number of imide groups is 1. The summed E-state index contributed by atoms with van der Waals surface area (Å²) in [5.41, 5.74) is 0.368. The molecule has 172 valence electrons. The van der Waals surface area contributed by atoms with Crippen LogP contribution in [0.5, 0.6) is 0 Å². The lowest BCUT2D eigenvalue weighted by molar-refractivity contribution is -0.140. The van der Waals surface area contributed by atoms with E-state index in [0.29, 0.717) is 5.58 Å². The monoisotopic (exact) mass is 463 g/mol. The van der Waals surface area contributed by atoms with Gasteiger partial charge in [0.25, 0.3) is 5.91 Å². The van der Waals surface area contributed by atoms with Gasteiger partial charge in [-0.05, 0) is 45.2 Å². The predicted molar refractivity (Wildman–Crippen MR) is 114 cm³/mol. The van der Waals surface area contributed by atoms with Gasteiger partial charge in [-0.1, -0.05) is 0 Å². The van der Waals surface area contributed by atoms with Crippen LogP contribution < -0.4 is 4.72 Å². The minimum absolute atomic E-state index is 0.154. The fourth-order valence-corrected chi connectivity index (χ4v) is 5.35. The van der Waals surface area contributed by atoms with Gasteiger partial charge in [-0.15, -0.1) is 0 Å². The van der Waals surface area contributed by atoms with Crippen molar-refractivity contribution in [2.75, 3.05) is 13.6 Å². The van der Waals surface area contributed by atoms with E-state index < -0.39 is 46.1 Å². The van der Waals surface area contributed by atoms with Crippen molar-refractivity contribution in [1.29, 1.82) is 0 Å². The molecule has 1 saturated heterocycles. The smallest absolute Gasteiger partial charge is 0.327 e. The number of carboxylic acid groups (broad SMARTS) is 1. The number of amides is 3. The highest BCUT2D eigenvalue weighted by atomic mass is 32.2. The molecular weight excluding hydrogens is 438 g/mol. The number of carbonyl (C=O) groups excluding carboxylic acids is 2. The zero-order valence-corrected chi connectivity index (χ0v) is 18.9. The van der Waals surface area contributed by atoms with Gasteiger partial charge in [-0.3, -0.25) is 14.5 Å². The fraction of sp³-hybridized carbons (Fsp3) is 0.476. The molecule has 1 aliphatic heterocycles. The second-order valence-corrected chi connectivity index (χ2v) is 10.4. The van der Waals surface area contributed by atoms with Crippen molar-refractivity contribution in [3.8, 4) is 0 Å². The summed E-state index contributed by atoms with van der Waals surface area (Å²) in [5, 5.41) is 10.4. The first kappa shape index (κ1) is 22.3. The lowest BCUT2D eigenvalue weighted by Crippen LogP contribution is -2.50. The summed E-state index contributed by atoms with van der Waals surface area (Å²) < 4.78 is 33.8. The van der Waals surface area contributed by atoms with E-state index in [0.717, 1.165) is 47.3 Å². The number of hydrogen-bond acceptors (Lipinski definition) is 6. The van der Waals surface area contributed by atoms with Crippen LogP contribution in [0.3, 0.4) is 0 Å². The second-order valence-electron chi connectivity index (χ2n) is 8.70. The summed E-state index contributed by atoms with van der Waals surface area (Å²) in [7, 11) is -2.84. The first-order valence-electron chi connectivity index (χ1n) is 10.3. The predicted octanol–water partition coefficient (Wildman–Crippen LogP) is 1.72. The Bertz CT molecular complexity index is 1230. The zero-order chi connectivity index (χ0) is 23.4. The number of urea groups is 1. The molecule has 10 nitrogen and oxygen atoms in total. The van der Waals surface area contributed by atoms with Gasteiger partial charge in [-0.25, -0.2) is 13.2 Å². The molecule has 0 saturated carbocycles. The molecule has 1 aromatic heterocycles. The maximum atomic E-state index is 12.9. The molecule has 0 bridgehead atoms. The Morgan fingerprint density at radius 1 is 1.25 bits per heavy atom. The SMILES string of the molecule is CN1C(=O)N(C[C@H](NS(=O)(=O)c2ccc3c4c(oc3c2)CCCC4)C(=O)O)C(=O)C1(C)C. The molecule has 0 unspecified atom stereocenters. The van der Waals surface area contributed by atoms with E-state index in [1.54, 1.807) is 6.07 Å². The Morgan fingerprint density at radius 2 is 1.94 bits per heavy atom. The molecule has 0 spiro atoms. The first-order valence-corrected chi connectivity index (χ1v) is 11.8. The number of furan rings is 1. The molecule has 2 aliphatic rings. The van der Waals surface area contributed by atoms with Crippen molar-refractivity contribution in [2.45, 2.75) is 56.0 Å². The molecule has 3 amide bonds. The average Bonchev–Trinajstić information content (AvgIpc) is 3.18. The molecule has 32 heavy (non-hydrogen) atoms. The minimum atomic E-state index is -4.27. The standard InChI is InChI=1S/C21H25N3O7S/c1-21(2)19(27)24(20(28)23(21)3)11-15(18(25)26)22-32(29,30)12-8-9-14-13-6-4-5-7-16(13)31-17(14)10-12/h8-10,15,22H,4-7,11H2,1-3H3,(H,25,26)/t15-/m0/s1. The molecule has 11 heteroatoms. The van der Waals surface area contributed by atoms with E-state index in [1.165, 1.54) is 37.9 Å².